The summed E-state index contributed by atoms with van der Waals surface area (Å²) in [5, 5.41) is 8.83. The van der Waals surface area contributed by atoms with Crippen molar-refractivity contribution in [3.63, 3.8) is 0 Å². The van der Waals surface area contributed by atoms with E-state index in [1.54, 1.807) is 13.2 Å². The molecule has 4 heteroatoms. The van der Waals surface area contributed by atoms with Crippen LogP contribution in [0.1, 0.15) is 49.1 Å². The van der Waals surface area contributed by atoms with Gasteiger partial charge in [0.25, 0.3) is 0 Å². The molecule has 0 radical (unpaired) electrons. The van der Waals surface area contributed by atoms with Crippen molar-refractivity contribution in [1.29, 1.82) is 0 Å². The van der Waals surface area contributed by atoms with E-state index in [1.807, 2.05) is 18.2 Å². The van der Waals surface area contributed by atoms with Crippen molar-refractivity contribution >= 4 is 12.0 Å². The van der Waals surface area contributed by atoms with Crippen molar-refractivity contribution in [2.75, 3.05) is 13.7 Å². The molecule has 28 heavy (non-hydrogen) atoms. The van der Waals surface area contributed by atoms with Gasteiger partial charge in [-0.1, -0.05) is 44.2 Å². The lowest BCUT2D eigenvalue weighted by atomic mass is 9.84. The number of methoxy groups -OCH3 is 1. The number of benzene rings is 2. The summed E-state index contributed by atoms with van der Waals surface area (Å²) < 4.78 is 5.44. The molecule has 148 valence electrons. The lowest BCUT2D eigenvalue weighted by Gasteiger charge is -2.43. The predicted octanol–water partition coefficient (Wildman–Crippen LogP) is 4.79. The Kier molecular flexibility index (Phi) is 6.20. The number of aliphatic carboxylic acids is 1. The Morgan fingerprint density at radius 1 is 1.25 bits per heavy atom. The Morgan fingerprint density at radius 3 is 2.57 bits per heavy atom. The molecule has 1 aliphatic rings. The van der Waals surface area contributed by atoms with Crippen LogP contribution in [-0.4, -0.2) is 35.7 Å². The van der Waals surface area contributed by atoms with Gasteiger partial charge in [0.1, 0.15) is 5.75 Å². The zero-order chi connectivity index (χ0) is 20.3. The second-order valence-electron chi connectivity index (χ2n) is 7.95. The highest BCUT2D eigenvalue weighted by atomic mass is 16.5. The maximum absolute atomic E-state index is 10.8. The van der Waals surface area contributed by atoms with E-state index in [0.717, 1.165) is 24.3 Å². The van der Waals surface area contributed by atoms with Crippen LogP contribution in [-0.2, 0) is 11.2 Å². The molecule has 0 fully saturated rings. The summed E-state index contributed by atoms with van der Waals surface area (Å²) in [6.45, 7) is 7.83. The highest BCUT2D eigenvalue weighted by Gasteiger charge is 2.33. The van der Waals surface area contributed by atoms with Gasteiger partial charge in [-0.25, -0.2) is 4.79 Å². The molecule has 1 N–H and O–H groups in total. The second kappa shape index (κ2) is 8.61. The molecular formula is C24H29NO3. The van der Waals surface area contributed by atoms with Gasteiger partial charge in [-0.15, -0.1) is 0 Å². The summed E-state index contributed by atoms with van der Waals surface area (Å²) in [5.74, 6) is 0.537. The zero-order valence-corrected chi connectivity index (χ0v) is 17.1. The van der Waals surface area contributed by atoms with Crippen LogP contribution in [0.2, 0.25) is 0 Å². The van der Waals surface area contributed by atoms with Crippen LogP contribution in [0.4, 0.5) is 0 Å². The second-order valence-corrected chi connectivity index (χ2v) is 7.95. The van der Waals surface area contributed by atoms with Crippen LogP contribution in [0, 0.1) is 5.92 Å². The number of carbonyl (C=O) groups is 1. The van der Waals surface area contributed by atoms with Crippen LogP contribution >= 0.6 is 0 Å². The predicted molar refractivity (Wildman–Crippen MR) is 113 cm³/mol. The van der Waals surface area contributed by atoms with Gasteiger partial charge in [0.05, 0.1) is 13.2 Å². The Labute approximate surface area is 167 Å². The van der Waals surface area contributed by atoms with Crippen LogP contribution in [0.3, 0.4) is 0 Å². The molecule has 2 aromatic rings. The molecule has 2 atom stereocenters. The van der Waals surface area contributed by atoms with E-state index < -0.39 is 5.97 Å². The first kappa shape index (κ1) is 20.2. The maximum atomic E-state index is 10.8. The van der Waals surface area contributed by atoms with Gasteiger partial charge in [-0.05, 0) is 59.7 Å². The van der Waals surface area contributed by atoms with Crippen molar-refractivity contribution in [3.8, 4) is 5.75 Å². The fourth-order valence-electron chi connectivity index (χ4n) is 4.06. The first-order chi connectivity index (χ1) is 13.4. The average Bonchev–Trinajstić information content (AvgIpc) is 2.66. The molecule has 0 saturated carbocycles. The fraction of sp³-hybridized carbons (Fsp3) is 0.375. The summed E-state index contributed by atoms with van der Waals surface area (Å²) in [4.78, 5) is 13.3. The lowest BCUT2D eigenvalue weighted by molar-refractivity contribution is -0.131. The van der Waals surface area contributed by atoms with Crippen LogP contribution < -0.4 is 4.74 Å². The summed E-state index contributed by atoms with van der Waals surface area (Å²) in [6, 6.07) is 15.2. The molecule has 1 aliphatic heterocycles. The summed E-state index contributed by atoms with van der Waals surface area (Å²) in [5.41, 5.74) is 4.78. The van der Waals surface area contributed by atoms with Crippen molar-refractivity contribution in [2.24, 2.45) is 5.92 Å². The molecule has 0 amide bonds. The number of hydrogen-bond acceptors (Lipinski definition) is 3. The molecule has 0 bridgehead atoms. The lowest BCUT2D eigenvalue weighted by Crippen LogP contribution is -2.44. The minimum atomic E-state index is -0.934. The molecule has 0 aromatic heterocycles. The zero-order valence-electron chi connectivity index (χ0n) is 17.1. The molecule has 0 aliphatic carbocycles. The number of hydrogen-bond donors (Lipinski definition) is 1. The van der Waals surface area contributed by atoms with Crippen molar-refractivity contribution < 1.29 is 14.6 Å². The van der Waals surface area contributed by atoms with E-state index >= 15 is 0 Å². The Morgan fingerprint density at radius 2 is 1.96 bits per heavy atom. The fourth-order valence-corrected chi connectivity index (χ4v) is 4.06. The van der Waals surface area contributed by atoms with Crippen molar-refractivity contribution in [1.82, 2.24) is 4.90 Å². The van der Waals surface area contributed by atoms with E-state index in [4.69, 9.17) is 9.84 Å². The maximum Gasteiger partial charge on any atom is 0.328 e. The van der Waals surface area contributed by atoms with E-state index in [2.05, 4.69) is 49.9 Å². The highest BCUT2D eigenvalue weighted by molar-refractivity contribution is 5.85. The minimum absolute atomic E-state index is 0.185. The molecule has 0 unspecified atom stereocenters. The topological polar surface area (TPSA) is 49.8 Å². The summed E-state index contributed by atoms with van der Waals surface area (Å²) in [7, 11) is 1.71. The first-order valence-electron chi connectivity index (χ1n) is 9.82. The van der Waals surface area contributed by atoms with Crippen LogP contribution in [0.25, 0.3) is 6.08 Å². The van der Waals surface area contributed by atoms with E-state index in [0.29, 0.717) is 12.0 Å². The summed E-state index contributed by atoms with van der Waals surface area (Å²) in [6.07, 6.45) is 3.81. The molecule has 0 spiro atoms. The van der Waals surface area contributed by atoms with Crippen molar-refractivity contribution in [2.45, 2.75) is 39.3 Å². The van der Waals surface area contributed by atoms with Gasteiger partial charge < -0.3 is 9.84 Å². The standard InChI is InChI=1S/C24H29NO3/c1-16(2)15-25-17(3)13-20-14-21(28-4)10-11-22(20)24(25)19-8-5-18(6-9-19)7-12-23(26)27/h5-12,14,16-17,24H,13,15H2,1-4H3,(H,26,27)/b12-7+/t17-,24-/m1/s1. The number of rotatable bonds is 6. The Balaban J connectivity index is 2.02. The molecule has 2 aromatic carbocycles. The molecule has 0 saturated heterocycles. The van der Waals surface area contributed by atoms with Gasteiger partial charge in [0.15, 0.2) is 0 Å². The van der Waals surface area contributed by atoms with E-state index in [1.165, 1.54) is 22.8 Å². The normalized spacial score (nSPS) is 19.8. The Bertz CT molecular complexity index is 855. The number of carboxylic acids is 1. The Hall–Kier alpha value is -2.59. The van der Waals surface area contributed by atoms with Gasteiger partial charge in [-0.3, -0.25) is 4.90 Å². The van der Waals surface area contributed by atoms with Crippen LogP contribution in [0.15, 0.2) is 48.5 Å². The van der Waals surface area contributed by atoms with E-state index in [-0.39, 0.29) is 6.04 Å². The smallest absolute Gasteiger partial charge is 0.328 e. The number of fused-ring (bicyclic) bond motifs is 1. The third-order valence-corrected chi connectivity index (χ3v) is 5.30. The third-order valence-electron chi connectivity index (χ3n) is 5.30. The third kappa shape index (κ3) is 4.45. The van der Waals surface area contributed by atoms with Gasteiger partial charge in [0, 0.05) is 18.7 Å². The molecular weight excluding hydrogens is 350 g/mol. The van der Waals surface area contributed by atoms with Crippen LogP contribution in [0.5, 0.6) is 5.75 Å². The monoisotopic (exact) mass is 379 g/mol. The largest absolute Gasteiger partial charge is 0.497 e. The first-order valence-corrected chi connectivity index (χ1v) is 9.82. The van der Waals surface area contributed by atoms with Gasteiger partial charge in [-0.2, -0.15) is 0 Å². The number of carboxylic acid groups (broad SMARTS) is 1. The SMILES string of the molecule is COc1ccc2c(c1)C[C@@H](C)N(CC(C)C)[C@@H]2c1ccc(/C=C/C(=O)O)cc1. The summed E-state index contributed by atoms with van der Waals surface area (Å²) >= 11 is 0. The number of ether oxygens (including phenoxy) is 1. The average molecular weight is 380 g/mol. The van der Waals surface area contributed by atoms with Gasteiger partial charge >= 0.3 is 5.97 Å². The highest BCUT2D eigenvalue weighted by Crippen LogP contribution is 2.39. The van der Waals surface area contributed by atoms with Crippen molar-refractivity contribution in [3.05, 3.63) is 70.8 Å². The van der Waals surface area contributed by atoms with Gasteiger partial charge in [0.2, 0.25) is 0 Å². The molecule has 3 rings (SSSR count). The number of nitrogens with zero attached hydrogens (tertiary/aromatic N) is 1. The van der Waals surface area contributed by atoms with E-state index in [9.17, 15) is 4.79 Å². The minimum Gasteiger partial charge on any atom is -0.497 e. The molecule has 1 heterocycles. The molecule has 4 nitrogen and oxygen atoms in total. The quantitative estimate of drug-likeness (QED) is 0.734.